The van der Waals surface area contributed by atoms with Crippen molar-refractivity contribution in [3.63, 3.8) is 0 Å². The van der Waals surface area contributed by atoms with Crippen LogP contribution in [0.1, 0.15) is 78.4 Å². The molecule has 0 aromatic heterocycles. The van der Waals surface area contributed by atoms with Gasteiger partial charge in [-0.3, -0.25) is 19.4 Å². The molecule has 9 heteroatoms. The first kappa shape index (κ1) is 44.3. The first-order chi connectivity index (χ1) is 21.2. The molecule has 264 valence electrons. The lowest BCUT2D eigenvalue weighted by atomic mass is 10.1. The molecule has 2 aromatic rings. The summed E-state index contributed by atoms with van der Waals surface area (Å²) in [5.74, 6) is 0.615. The average Bonchev–Trinajstić information content (AvgIpc) is 2.98. The third-order valence-electron chi connectivity index (χ3n) is 8.44. The van der Waals surface area contributed by atoms with E-state index in [1.807, 2.05) is 12.1 Å². The van der Waals surface area contributed by atoms with Gasteiger partial charge in [0.25, 0.3) is 0 Å². The predicted molar refractivity (Wildman–Crippen MR) is 203 cm³/mol. The zero-order chi connectivity index (χ0) is 31.9. The quantitative estimate of drug-likeness (QED) is 0.273. The highest BCUT2D eigenvalue weighted by molar-refractivity contribution is 5.85. The second kappa shape index (κ2) is 23.6. The summed E-state index contributed by atoms with van der Waals surface area (Å²) in [5, 5.41) is 0. The van der Waals surface area contributed by atoms with Crippen LogP contribution in [-0.2, 0) is 9.59 Å². The summed E-state index contributed by atoms with van der Waals surface area (Å²) in [6, 6.07) is 22.0. The zero-order valence-electron chi connectivity index (χ0n) is 29.4. The van der Waals surface area contributed by atoms with E-state index in [1.165, 1.54) is 11.1 Å². The number of piperazine rings is 2. The largest absolute Gasteiger partial charge is 0.412 e. The number of benzene rings is 2. The molecule has 0 saturated carbocycles. The van der Waals surface area contributed by atoms with E-state index in [0.29, 0.717) is 48.8 Å². The number of rotatable bonds is 10. The lowest BCUT2D eigenvalue weighted by Crippen LogP contribution is -2.58. The number of amides is 2. The van der Waals surface area contributed by atoms with E-state index < -0.39 is 0 Å². The maximum Gasteiger partial charge on any atom is 0.223 e. The van der Waals surface area contributed by atoms with Gasteiger partial charge in [0.2, 0.25) is 11.8 Å². The van der Waals surface area contributed by atoms with Gasteiger partial charge in [-0.25, -0.2) is 0 Å². The summed E-state index contributed by atoms with van der Waals surface area (Å²) in [4.78, 5) is 33.5. The Kier molecular flexibility index (Phi) is 22.3. The maximum absolute atomic E-state index is 12.2. The lowest BCUT2D eigenvalue weighted by molar-refractivity contribution is -0.139. The van der Waals surface area contributed by atoms with Crippen LogP contribution in [0.4, 0.5) is 0 Å². The molecule has 2 N–H and O–H groups in total. The lowest BCUT2D eigenvalue weighted by Gasteiger charge is -2.44. The fourth-order valence-corrected chi connectivity index (χ4v) is 6.64. The van der Waals surface area contributed by atoms with Gasteiger partial charge in [-0.2, -0.15) is 0 Å². The molecule has 0 bridgehead atoms. The number of hydrogen-bond donors (Lipinski definition) is 0. The Morgan fingerprint density at radius 3 is 1.17 bits per heavy atom. The smallest absolute Gasteiger partial charge is 0.223 e. The van der Waals surface area contributed by atoms with Crippen molar-refractivity contribution < 1.29 is 15.1 Å². The Bertz CT molecular complexity index is 1080. The minimum Gasteiger partial charge on any atom is -0.412 e. The summed E-state index contributed by atoms with van der Waals surface area (Å²) in [6.45, 7) is 18.5. The van der Waals surface area contributed by atoms with Gasteiger partial charge in [0.05, 0.1) is 0 Å². The van der Waals surface area contributed by atoms with Crippen molar-refractivity contribution in [1.29, 1.82) is 0 Å². The fraction of sp³-hybridized carbons (Fsp3) is 0.526. The molecule has 2 aliphatic rings. The predicted octanol–water partition coefficient (Wildman–Crippen LogP) is 6.86. The number of halogens is 2. The van der Waals surface area contributed by atoms with Crippen molar-refractivity contribution in [2.75, 3.05) is 39.3 Å². The molecule has 2 aromatic carbocycles. The van der Waals surface area contributed by atoms with Crippen LogP contribution in [0, 0.1) is 0 Å². The van der Waals surface area contributed by atoms with Crippen LogP contribution in [0.3, 0.4) is 0 Å². The molecule has 4 unspecified atom stereocenters. The molecule has 7 nitrogen and oxygen atoms in total. The summed E-state index contributed by atoms with van der Waals surface area (Å²) in [6.07, 6.45) is 12.0. The van der Waals surface area contributed by atoms with Crippen molar-refractivity contribution in [3.8, 4) is 0 Å². The third-order valence-corrected chi connectivity index (χ3v) is 8.44. The van der Waals surface area contributed by atoms with E-state index in [2.05, 4.69) is 134 Å². The molecule has 2 saturated heterocycles. The van der Waals surface area contributed by atoms with E-state index in [-0.39, 0.29) is 30.3 Å². The molecule has 0 spiro atoms. The number of nitrogens with zero attached hydrogens (tertiary/aromatic N) is 4. The Hall–Kier alpha value is -2.68. The van der Waals surface area contributed by atoms with E-state index in [9.17, 15) is 9.59 Å². The molecule has 2 aliphatic heterocycles. The average molecular weight is 692 g/mol. The molecular weight excluding hydrogens is 631 g/mol. The van der Waals surface area contributed by atoms with Gasteiger partial charge < -0.3 is 15.3 Å². The molecule has 2 fully saturated rings. The zero-order valence-corrected chi connectivity index (χ0v) is 31.0. The standard InChI is InChI=1S/2C19H28N2O.2ClH.H2O/c2*1-4-9-19(22)21-16(2)14-20(15-17(21)3)13-8-12-18-10-6-5-7-11-18;;;/h2*5-8,10-12,16-17H,4,9,13-15H2,1-3H3;2*1H;1H2. The molecule has 47 heavy (non-hydrogen) atoms. The molecule has 2 heterocycles. The second-order valence-electron chi connectivity index (χ2n) is 12.6. The topological polar surface area (TPSA) is 78.6 Å². The van der Waals surface area contributed by atoms with Crippen LogP contribution in [-0.4, -0.2) is 100 Å². The highest BCUT2D eigenvalue weighted by Gasteiger charge is 2.32. The SMILES string of the molecule is CCCC(=O)N1C(C)CN(CC=Cc2ccccc2)CC1C.CCCC(=O)N1C(C)CN(CC=Cc2ccccc2)CC1C.Cl.Cl.O. The normalized spacial score (nSPS) is 21.7. The van der Waals surface area contributed by atoms with Crippen LogP contribution < -0.4 is 0 Å². The molecule has 2 amide bonds. The van der Waals surface area contributed by atoms with E-state index in [4.69, 9.17) is 0 Å². The Morgan fingerprint density at radius 1 is 0.596 bits per heavy atom. The highest BCUT2D eigenvalue weighted by atomic mass is 35.5. The van der Waals surface area contributed by atoms with Gasteiger partial charge in [-0.05, 0) is 51.7 Å². The Morgan fingerprint density at radius 2 is 0.894 bits per heavy atom. The fourth-order valence-electron chi connectivity index (χ4n) is 6.64. The minimum absolute atomic E-state index is 0. The first-order valence-corrected chi connectivity index (χ1v) is 16.7. The monoisotopic (exact) mass is 690 g/mol. The second-order valence-corrected chi connectivity index (χ2v) is 12.6. The van der Waals surface area contributed by atoms with Gasteiger partial charge in [0.15, 0.2) is 0 Å². The minimum atomic E-state index is 0. The van der Waals surface area contributed by atoms with E-state index in [0.717, 1.165) is 52.1 Å². The number of carbonyl (C=O) groups is 2. The van der Waals surface area contributed by atoms with Crippen LogP contribution in [0.15, 0.2) is 72.8 Å². The van der Waals surface area contributed by atoms with Crippen LogP contribution >= 0.6 is 24.8 Å². The van der Waals surface area contributed by atoms with Crippen molar-refractivity contribution in [2.45, 2.75) is 91.4 Å². The van der Waals surface area contributed by atoms with Gasteiger partial charge in [-0.1, -0.05) is 98.8 Å². The van der Waals surface area contributed by atoms with Gasteiger partial charge in [0, 0.05) is 76.3 Å². The maximum atomic E-state index is 12.2. The Labute approximate surface area is 297 Å². The van der Waals surface area contributed by atoms with Gasteiger partial charge >= 0.3 is 0 Å². The number of carbonyl (C=O) groups excluding carboxylic acids is 2. The summed E-state index contributed by atoms with van der Waals surface area (Å²) in [7, 11) is 0. The summed E-state index contributed by atoms with van der Waals surface area (Å²) in [5.41, 5.74) is 2.47. The van der Waals surface area contributed by atoms with Crippen molar-refractivity contribution >= 4 is 48.8 Å². The molecule has 0 aliphatic carbocycles. The summed E-state index contributed by atoms with van der Waals surface area (Å²) < 4.78 is 0. The molecular formula is C38H60Cl2N4O3. The van der Waals surface area contributed by atoms with Crippen molar-refractivity contribution in [2.24, 2.45) is 0 Å². The highest BCUT2D eigenvalue weighted by Crippen LogP contribution is 2.19. The van der Waals surface area contributed by atoms with E-state index in [1.54, 1.807) is 0 Å². The van der Waals surface area contributed by atoms with Crippen molar-refractivity contribution in [1.82, 2.24) is 19.6 Å². The molecule has 4 atom stereocenters. The van der Waals surface area contributed by atoms with Crippen LogP contribution in [0.25, 0.3) is 12.2 Å². The van der Waals surface area contributed by atoms with Crippen molar-refractivity contribution in [3.05, 3.63) is 83.9 Å². The van der Waals surface area contributed by atoms with Gasteiger partial charge in [-0.15, -0.1) is 24.8 Å². The third kappa shape index (κ3) is 14.5. The molecule has 4 rings (SSSR count). The summed E-state index contributed by atoms with van der Waals surface area (Å²) >= 11 is 0. The first-order valence-electron chi connectivity index (χ1n) is 16.7. The van der Waals surface area contributed by atoms with E-state index >= 15 is 0 Å². The Balaban J connectivity index is 0.000000846. The molecule has 0 radical (unpaired) electrons. The van der Waals surface area contributed by atoms with Crippen LogP contribution in [0.5, 0.6) is 0 Å². The van der Waals surface area contributed by atoms with Gasteiger partial charge in [0.1, 0.15) is 0 Å². The number of hydrogen-bond acceptors (Lipinski definition) is 4. The van der Waals surface area contributed by atoms with Crippen LogP contribution in [0.2, 0.25) is 0 Å².